The predicted octanol–water partition coefficient (Wildman–Crippen LogP) is 3.02. The zero-order chi connectivity index (χ0) is 18.7. The molecule has 0 spiro atoms. The highest BCUT2D eigenvalue weighted by Crippen LogP contribution is 2.22. The monoisotopic (exact) mass is 381 g/mol. The van der Waals surface area contributed by atoms with Crippen LogP contribution in [-0.2, 0) is 4.79 Å². The topological polar surface area (TPSA) is 84.2 Å². The minimum Gasteiger partial charge on any atom is -0.343 e. The molecular weight excluding hydrogens is 359 g/mol. The molecule has 0 fully saturated rings. The second kappa shape index (κ2) is 8.53. The SMILES string of the molecule is Cc1ccc(C(=O)NCC(F)(F)F)cc1NC(=O)[C@@H](N)C(C)(C)C.Cl. The van der Waals surface area contributed by atoms with Gasteiger partial charge in [-0.25, -0.2) is 0 Å². The first-order chi connectivity index (χ1) is 10.8. The molecule has 0 aromatic heterocycles. The maximum Gasteiger partial charge on any atom is 0.405 e. The molecule has 0 aliphatic heterocycles. The zero-order valence-electron chi connectivity index (χ0n) is 14.5. The van der Waals surface area contributed by atoms with Crippen LogP contribution in [0.15, 0.2) is 18.2 Å². The Bertz CT molecular complexity index is 628. The van der Waals surface area contributed by atoms with Gasteiger partial charge in [-0.3, -0.25) is 9.59 Å². The molecule has 1 atom stereocenters. The summed E-state index contributed by atoms with van der Waals surface area (Å²) in [5.41, 5.74) is 6.43. The molecular formula is C16H23ClF3N3O2. The highest BCUT2D eigenvalue weighted by atomic mass is 35.5. The predicted molar refractivity (Wildman–Crippen MR) is 92.9 cm³/mol. The summed E-state index contributed by atoms with van der Waals surface area (Å²) in [5.74, 6) is -1.30. The fourth-order valence-corrected chi connectivity index (χ4v) is 1.78. The average molecular weight is 382 g/mol. The summed E-state index contributed by atoms with van der Waals surface area (Å²) in [6, 6.07) is 3.48. The van der Waals surface area contributed by atoms with E-state index in [0.717, 1.165) is 0 Å². The standard InChI is InChI=1S/C16H22F3N3O2.ClH/c1-9-5-6-10(13(23)21-8-16(17,18)19)7-11(9)22-14(24)12(20)15(2,3)4;/h5-7,12H,8,20H2,1-4H3,(H,21,23)(H,22,24);1H/t12-;/m1./s1. The Morgan fingerprint density at radius 1 is 1.20 bits per heavy atom. The smallest absolute Gasteiger partial charge is 0.343 e. The summed E-state index contributed by atoms with van der Waals surface area (Å²) in [7, 11) is 0. The molecule has 0 aliphatic rings. The maximum absolute atomic E-state index is 12.2. The van der Waals surface area contributed by atoms with Crippen LogP contribution in [0.25, 0.3) is 0 Å². The van der Waals surface area contributed by atoms with Crippen molar-refractivity contribution < 1.29 is 22.8 Å². The first-order valence-electron chi connectivity index (χ1n) is 7.33. The molecule has 0 aliphatic carbocycles. The molecule has 9 heteroatoms. The number of nitrogens with two attached hydrogens (primary N) is 1. The third kappa shape index (κ3) is 7.31. The summed E-state index contributed by atoms with van der Waals surface area (Å²) in [4.78, 5) is 23.9. The lowest BCUT2D eigenvalue weighted by atomic mass is 9.87. The van der Waals surface area contributed by atoms with Crippen molar-refractivity contribution in [1.29, 1.82) is 0 Å². The molecule has 0 bridgehead atoms. The average Bonchev–Trinajstić information content (AvgIpc) is 2.44. The van der Waals surface area contributed by atoms with Crippen molar-refractivity contribution in [3.63, 3.8) is 0 Å². The Morgan fingerprint density at radius 3 is 2.24 bits per heavy atom. The van der Waals surface area contributed by atoms with Gasteiger partial charge in [0.2, 0.25) is 5.91 Å². The van der Waals surface area contributed by atoms with Gasteiger partial charge in [0.1, 0.15) is 6.54 Å². The maximum atomic E-state index is 12.2. The molecule has 142 valence electrons. The van der Waals surface area contributed by atoms with Crippen molar-refractivity contribution in [2.45, 2.75) is 39.9 Å². The summed E-state index contributed by atoms with van der Waals surface area (Å²) >= 11 is 0. The number of aryl methyl sites for hydroxylation is 1. The molecule has 0 heterocycles. The van der Waals surface area contributed by atoms with Crippen LogP contribution in [0.2, 0.25) is 0 Å². The molecule has 0 saturated heterocycles. The number of hydrogen-bond donors (Lipinski definition) is 3. The van der Waals surface area contributed by atoms with Crippen LogP contribution in [0, 0.1) is 12.3 Å². The van der Waals surface area contributed by atoms with E-state index in [4.69, 9.17) is 5.73 Å². The van der Waals surface area contributed by atoms with Crippen LogP contribution in [0.4, 0.5) is 18.9 Å². The fraction of sp³-hybridized carbons (Fsp3) is 0.500. The van der Waals surface area contributed by atoms with Crippen LogP contribution >= 0.6 is 12.4 Å². The van der Waals surface area contributed by atoms with Crippen LogP contribution in [0.1, 0.15) is 36.7 Å². The number of hydrogen-bond acceptors (Lipinski definition) is 3. The molecule has 1 aromatic carbocycles. The van der Waals surface area contributed by atoms with Crippen LogP contribution in [0.5, 0.6) is 0 Å². The second-order valence-electron chi connectivity index (χ2n) is 6.66. The van der Waals surface area contributed by atoms with E-state index in [0.29, 0.717) is 11.3 Å². The Morgan fingerprint density at radius 2 is 1.76 bits per heavy atom. The molecule has 0 radical (unpaired) electrons. The van der Waals surface area contributed by atoms with Crippen molar-refractivity contribution in [2.24, 2.45) is 11.1 Å². The number of carbonyl (C=O) groups excluding carboxylic acids is 2. The first kappa shape index (κ1) is 23.2. The van der Waals surface area contributed by atoms with Crippen molar-refractivity contribution in [2.75, 3.05) is 11.9 Å². The van der Waals surface area contributed by atoms with E-state index in [-0.39, 0.29) is 18.0 Å². The van der Waals surface area contributed by atoms with Crippen molar-refractivity contribution in [3.8, 4) is 0 Å². The molecule has 1 aromatic rings. The normalized spacial score (nSPS) is 12.8. The van der Waals surface area contributed by atoms with Crippen LogP contribution < -0.4 is 16.4 Å². The van der Waals surface area contributed by atoms with Gasteiger partial charge in [0.15, 0.2) is 0 Å². The third-order valence-corrected chi connectivity index (χ3v) is 3.42. The van der Waals surface area contributed by atoms with Gasteiger partial charge >= 0.3 is 6.18 Å². The number of halogens is 4. The van der Waals surface area contributed by atoms with E-state index in [1.165, 1.54) is 12.1 Å². The third-order valence-electron chi connectivity index (χ3n) is 3.42. The number of nitrogens with one attached hydrogen (secondary N) is 2. The number of alkyl halides is 3. The summed E-state index contributed by atoms with van der Waals surface area (Å²) in [6.07, 6.45) is -4.49. The zero-order valence-corrected chi connectivity index (χ0v) is 15.3. The summed E-state index contributed by atoms with van der Waals surface area (Å²) < 4.78 is 36.5. The summed E-state index contributed by atoms with van der Waals surface area (Å²) in [6.45, 7) is 5.72. The van der Waals surface area contributed by atoms with Gasteiger partial charge in [0.05, 0.1) is 6.04 Å². The van der Waals surface area contributed by atoms with Gasteiger partial charge in [-0.15, -0.1) is 12.4 Å². The molecule has 0 unspecified atom stereocenters. The molecule has 5 nitrogen and oxygen atoms in total. The minimum absolute atomic E-state index is 0. The Hall–Kier alpha value is -1.80. The molecule has 2 amide bonds. The number of rotatable bonds is 4. The molecule has 0 saturated carbocycles. The number of benzene rings is 1. The molecule has 1 rings (SSSR count). The molecule has 25 heavy (non-hydrogen) atoms. The van der Waals surface area contributed by atoms with E-state index in [9.17, 15) is 22.8 Å². The van der Waals surface area contributed by atoms with Gasteiger partial charge in [-0.1, -0.05) is 26.8 Å². The van der Waals surface area contributed by atoms with Gasteiger partial charge in [-0.2, -0.15) is 13.2 Å². The fourth-order valence-electron chi connectivity index (χ4n) is 1.78. The summed E-state index contributed by atoms with van der Waals surface area (Å²) in [5, 5.41) is 4.40. The highest BCUT2D eigenvalue weighted by molar-refractivity contribution is 5.99. The van der Waals surface area contributed by atoms with Gasteiger partial charge in [0, 0.05) is 11.3 Å². The van der Waals surface area contributed by atoms with Gasteiger partial charge in [-0.05, 0) is 30.0 Å². The van der Waals surface area contributed by atoms with Crippen molar-refractivity contribution >= 4 is 29.9 Å². The lowest BCUT2D eigenvalue weighted by molar-refractivity contribution is -0.123. The van der Waals surface area contributed by atoms with Crippen LogP contribution in [-0.4, -0.2) is 30.6 Å². The second-order valence-corrected chi connectivity index (χ2v) is 6.66. The van der Waals surface area contributed by atoms with E-state index in [2.05, 4.69) is 5.32 Å². The first-order valence-corrected chi connectivity index (χ1v) is 7.33. The quantitative estimate of drug-likeness (QED) is 0.749. The largest absolute Gasteiger partial charge is 0.405 e. The minimum atomic E-state index is -4.49. The molecule has 4 N–H and O–H groups in total. The lowest BCUT2D eigenvalue weighted by Gasteiger charge is -2.26. The number of carbonyl (C=O) groups is 2. The Balaban J connectivity index is 0.00000576. The van der Waals surface area contributed by atoms with Crippen molar-refractivity contribution in [3.05, 3.63) is 29.3 Å². The Kier molecular flexibility index (Phi) is 7.92. The van der Waals surface area contributed by atoms with E-state index < -0.39 is 36.0 Å². The van der Waals surface area contributed by atoms with Gasteiger partial charge < -0.3 is 16.4 Å². The number of anilines is 1. The van der Waals surface area contributed by atoms with Gasteiger partial charge in [0.25, 0.3) is 5.91 Å². The van der Waals surface area contributed by atoms with E-state index in [1.54, 1.807) is 18.3 Å². The number of amides is 2. The highest BCUT2D eigenvalue weighted by Gasteiger charge is 2.29. The van der Waals surface area contributed by atoms with Crippen LogP contribution in [0.3, 0.4) is 0 Å². The Labute approximate surface area is 150 Å². The van der Waals surface area contributed by atoms with Crippen molar-refractivity contribution in [1.82, 2.24) is 5.32 Å². The van der Waals surface area contributed by atoms with E-state index >= 15 is 0 Å². The van der Waals surface area contributed by atoms with E-state index in [1.807, 2.05) is 20.8 Å². The lowest BCUT2D eigenvalue weighted by Crippen LogP contribution is -2.45.